The van der Waals surface area contributed by atoms with Crippen LogP contribution in [-0.2, 0) is 21.7 Å². The summed E-state index contributed by atoms with van der Waals surface area (Å²) in [7, 11) is 0. The van der Waals surface area contributed by atoms with E-state index in [0.717, 1.165) is 45.3 Å². The predicted octanol–water partition coefficient (Wildman–Crippen LogP) is 17.5. The fourth-order valence-corrected chi connectivity index (χ4v) is 12.8. The summed E-state index contributed by atoms with van der Waals surface area (Å²) in [5, 5.41) is 5.51. The Bertz CT molecular complexity index is 2910. The van der Waals surface area contributed by atoms with Gasteiger partial charge in [-0.1, -0.05) is 155 Å². The van der Waals surface area contributed by atoms with Gasteiger partial charge in [0.25, 0.3) is 0 Å². The van der Waals surface area contributed by atoms with E-state index in [-0.39, 0.29) is 21.7 Å². The van der Waals surface area contributed by atoms with E-state index in [1.807, 2.05) is 0 Å². The van der Waals surface area contributed by atoms with Crippen molar-refractivity contribution in [3.05, 3.63) is 191 Å². The quantitative estimate of drug-likeness (QED) is 0.158. The van der Waals surface area contributed by atoms with Crippen molar-refractivity contribution in [1.29, 1.82) is 0 Å². The molecule has 0 aromatic heterocycles. The van der Waals surface area contributed by atoms with Gasteiger partial charge in [-0.3, -0.25) is 0 Å². The maximum absolute atomic E-state index is 8.29. The Morgan fingerprint density at radius 1 is 0.349 bits per heavy atom. The topological polar surface area (TPSA) is 6.48 Å². The molecule has 2 saturated carbocycles. The predicted molar refractivity (Wildman–Crippen MR) is 268 cm³/mol. The molecule has 0 amide bonds. The second kappa shape index (κ2) is 14.1. The largest absolute Gasteiger partial charge is 0.308 e. The van der Waals surface area contributed by atoms with Crippen LogP contribution in [-0.4, -0.2) is 0 Å². The summed E-state index contributed by atoms with van der Waals surface area (Å²) in [6.45, 7) is 10.00. The van der Waals surface area contributed by atoms with Gasteiger partial charge in [-0.05, 0) is 166 Å². The van der Waals surface area contributed by atoms with E-state index in [0.29, 0.717) is 5.02 Å². The van der Waals surface area contributed by atoms with Crippen LogP contribution in [0.4, 0.5) is 34.1 Å². The molecule has 6 aliphatic carbocycles. The smallest absolute Gasteiger partial charge is 0.0887 e. The number of anilines is 6. The lowest BCUT2D eigenvalue weighted by atomic mass is 9.52. The van der Waals surface area contributed by atoms with E-state index in [1.54, 1.807) is 0 Å². The van der Waals surface area contributed by atoms with Crippen LogP contribution < -0.4 is 9.80 Å². The monoisotopic (exact) mass is 838 g/mol. The van der Waals surface area contributed by atoms with Gasteiger partial charge in [-0.15, -0.1) is 0 Å². The highest BCUT2D eigenvalue weighted by molar-refractivity contribution is 6.37. The zero-order valence-electron chi connectivity index (χ0n) is 37.0. The SMILES string of the molecule is CC12CCC(C)(CC1)c1cc(N(c3cc(-c4ccccc4)cc(N(c4ccc5c(c4)C4(C)CCC5(C)CC4)c4cccc5ccccc45)c3Cl)c3cccc4ccccc34)ccc12. The molecule has 0 radical (unpaired) electrons. The molecule has 14 rings (SSSR count). The maximum Gasteiger partial charge on any atom is 0.0887 e. The number of hydrogen-bond donors (Lipinski definition) is 0. The second-order valence-corrected chi connectivity index (χ2v) is 20.9. The van der Waals surface area contributed by atoms with Crippen molar-refractivity contribution < 1.29 is 0 Å². The van der Waals surface area contributed by atoms with E-state index < -0.39 is 0 Å². The molecular weight excluding hydrogens is 784 g/mol. The highest BCUT2D eigenvalue weighted by Gasteiger charge is 2.49. The molecule has 2 nitrogen and oxygen atoms in total. The summed E-state index contributed by atoms with van der Waals surface area (Å²) in [5.74, 6) is 0. The lowest BCUT2D eigenvalue weighted by Gasteiger charge is -2.52. The maximum atomic E-state index is 8.29. The van der Waals surface area contributed by atoms with Gasteiger partial charge in [-0.25, -0.2) is 0 Å². The Balaban J connectivity index is 1.16. The molecule has 8 aromatic rings. The van der Waals surface area contributed by atoms with Crippen molar-refractivity contribution >= 4 is 67.3 Å². The molecule has 0 N–H and O–H groups in total. The number of nitrogens with zero attached hydrogens (tertiary/aromatic N) is 2. The van der Waals surface area contributed by atoms with Crippen LogP contribution in [0.3, 0.4) is 0 Å². The van der Waals surface area contributed by atoms with Crippen molar-refractivity contribution in [1.82, 2.24) is 0 Å². The van der Waals surface area contributed by atoms with E-state index >= 15 is 0 Å². The van der Waals surface area contributed by atoms with Crippen LogP contribution in [0, 0.1) is 0 Å². The molecule has 4 bridgehead atoms. The second-order valence-electron chi connectivity index (χ2n) is 20.6. The van der Waals surface area contributed by atoms with Crippen molar-refractivity contribution in [2.24, 2.45) is 0 Å². The van der Waals surface area contributed by atoms with Crippen molar-refractivity contribution in [3.8, 4) is 11.1 Å². The molecule has 3 heteroatoms. The zero-order valence-corrected chi connectivity index (χ0v) is 37.8. The summed E-state index contributed by atoms with van der Waals surface area (Å²) < 4.78 is 0. The molecule has 0 heterocycles. The van der Waals surface area contributed by atoms with Crippen LogP contribution in [0.1, 0.15) is 101 Å². The summed E-state index contributed by atoms with van der Waals surface area (Å²) in [4.78, 5) is 4.95. The van der Waals surface area contributed by atoms with Gasteiger partial charge >= 0.3 is 0 Å². The third-order valence-electron chi connectivity index (χ3n) is 16.7. The molecule has 2 fully saturated rings. The van der Waals surface area contributed by atoms with E-state index in [4.69, 9.17) is 11.6 Å². The Hall–Kier alpha value is -5.83. The fraction of sp³-hybridized carbons (Fsp3) is 0.267. The van der Waals surface area contributed by atoms with Crippen LogP contribution in [0.15, 0.2) is 164 Å². The first-order chi connectivity index (χ1) is 30.5. The molecule has 0 saturated heterocycles. The molecule has 312 valence electrons. The van der Waals surface area contributed by atoms with Gasteiger partial charge in [0, 0.05) is 22.1 Å². The van der Waals surface area contributed by atoms with Gasteiger partial charge in [0.2, 0.25) is 0 Å². The number of rotatable bonds is 7. The molecule has 63 heavy (non-hydrogen) atoms. The Kier molecular flexibility index (Phi) is 8.68. The summed E-state index contributed by atoms with van der Waals surface area (Å²) in [6.07, 6.45) is 9.90. The lowest BCUT2D eigenvalue weighted by molar-refractivity contribution is 0.188. The molecule has 6 aliphatic rings. The van der Waals surface area contributed by atoms with Crippen LogP contribution in [0.2, 0.25) is 5.02 Å². The zero-order chi connectivity index (χ0) is 42.7. The van der Waals surface area contributed by atoms with Gasteiger partial charge in [0.05, 0.1) is 27.8 Å². The highest BCUT2D eigenvalue weighted by Crippen LogP contribution is 2.60. The first kappa shape index (κ1) is 38.8. The van der Waals surface area contributed by atoms with Crippen molar-refractivity contribution in [2.75, 3.05) is 9.80 Å². The first-order valence-electron chi connectivity index (χ1n) is 23.3. The van der Waals surface area contributed by atoms with Crippen LogP contribution >= 0.6 is 11.6 Å². The Morgan fingerprint density at radius 2 is 0.730 bits per heavy atom. The molecule has 0 spiro atoms. The molecule has 8 aromatic carbocycles. The van der Waals surface area contributed by atoms with Crippen molar-refractivity contribution in [2.45, 2.75) is 101 Å². The van der Waals surface area contributed by atoms with Crippen molar-refractivity contribution in [3.63, 3.8) is 0 Å². The first-order valence-corrected chi connectivity index (χ1v) is 23.7. The fourth-order valence-electron chi connectivity index (χ4n) is 12.5. The Morgan fingerprint density at radius 3 is 1.17 bits per heavy atom. The standard InChI is InChI=1S/C60H55ClN2/c1-57-28-32-59(3,33-29-57)50-38-44(24-26-48(50)57)62(52-22-12-18-41-16-8-10-20-46(41)52)54-36-43(40-14-6-5-7-15-40)37-55(56(54)61)63(53-23-13-19-42-17-9-11-21-47(42)53)45-25-27-49-51(39-45)60(4)34-30-58(49,2)31-35-60/h5-27,36-39H,28-35H2,1-4H3. The van der Waals surface area contributed by atoms with E-state index in [9.17, 15) is 0 Å². The van der Waals surface area contributed by atoms with Crippen LogP contribution in [0.25, 0.3) is 32.7 Å². The van der Waals surface area contributed by atoms with Gasteiger partial charge in [0.15, 0.2) is 0 Å². The number of hydrogen-bond acceptors (Lipinski definition) is 2. The van der Waals surface area contributed by atoms with E-state index in [1.165, 1.54) is 95.2 Å². The molecule has 0 unspecified atom stereocenters. The number of halogens is 1. The summed E-state index contributed by atoms with van der Waals surface area (Å²) >= 11 is 8.29. The third-order valence-corrected chi connectivity index (χ3v) is 17.1. The number of fused-ring (bicyclic) bond motifs is 6. The average Bonchev–Trinajstić information content (AvgIpc) is 3.32. The molecule has 0 atom stereocenters. The van der Waals surface area contributed by atoms with Gasteiger partial charge < -0.3 is 9.80 Å². The highest BCUT2D eigenvalue weighted by atomic mass is 35.5. The normalized spacial score (nSPS) is 24.3. The van der Waals surface area contributed by atoms with Gasteiger partial charge in [-0.2, -0.15) is 0 Å². The minimum absolute atomic E-state index is 0.152. The third kappa shape index (κ3) is 5.97. The lowest BCUT2D eigenvalue weighted by Crippen LogP contribution is -2.44. The summed E-state index contributed by atoms with van der Waals surface area (Å²) in [6, 6.07) is 61.3. The van der Waals surface area contributed by atoms with Crippen LogP contribution in [0.5, 0.6) is 0 Å². The van der Waals surface area contributed by atoms with Gasteiger partial charge in [0.1, 0.15) is 0 Å². The Labute approximate surface area is 378 Å². The van der Waals surface area contributed by atoms with E-state index in [2.05, 4.69) is 201 Å². The minimum atomic E-state index is 0.152. The summed E-state index contributed by atoms with van der Waals surface area (Å²) in [5.41, 5.74) is 15.5. The molecule has 0 aliphatic heterocycles. The number of benzene rings is 8. The molecular formula is C60H55ClN2. The average molecular weight is 840 g/mol. The minimum Gasteiger partial charge on any atom is -0.308 e.